The first-order valence-corrected chi connectivity index (χ1v) is 6.04. The normalized spacial score (nSPS) is 10.5. The number of phenolic OH excluding ortho intramolecular Hbond substituents is 1. The number of hydrogen-bond acceptors (Lipinski definition) is 3. The summed E-state index contributed by atoms with van der Waals surface area (Å²) >= 11 is 0. The molecule has 0 saturated heterocycles. The number of phenols is 1. The summed E-state index contributed by atoms with van der Waals surface area (Å²) in [7, 11) is 1.68. The van der Waals surface area contributed by atoms with E-state index in [2.05, 4.69) is 5.10 Å². The lowest BCUT2D eigenvalue weighted by atomic mass is 10.3. The van der Waals surface area contributed by atoms with Crippen molar-refractivity contribution in [2.75, 3.05) is 11.9 Å². The van der Waals surface area contributed by atoms with E-state index in [-0.39, 0.29) is 18.2 Å². The number of hydrogen-bond donors (Lipinski definition) is 1. The Balaban J connectivity index is 2.14. The zero-order chi connectivity index (χ0) is 14.0. The van der Waals surface area contributed by atoms with Crippen LogP contribution in [-0.4, -0.2) is 27.8 Å². The highest BCUT2D eigenvalue weighted by molar-refractivity contribution is 5.92. The van der Waals surface area contributed by atoms with Gasteiger partial charge >= 0.3 is 0 Å². The largest absolute Gasteiger partial charge is 0.508 e. The minimum Gasteiger partial charge on any atom is -0.508 e. The zero-order valence-corrected chi connectivity index (χ0v) is 11.3. The van der Waals surface area contributed by atoms with E-state index in [0.717, 1.165) is 11.4 Å². The molecule has 1 N–H and O–H groups in total. The van der Waals surface area contributed by atoms with Crippen molar-refractivity contribution in [3.8, 4) is 5.75 Å². The molecule has 1 amide bonds. The summed E-state index contributed by atoms with van der Waals surface area (Å²) in [5.41, 5.74) is 2.51. The first kappa shape index (κ1) is 13.1. The Labute approximate surface area is 112 Å². The molecule has 1 aromatic carbocycles. The van der Waals surface area contributed by atoms with Crippen LogP contribution < -0.4 is 4.90 Å². The fourth-order valence-corrected chi connectivity index (χ4v) is 1.91. The van der Waals surface area contributed by atoms with E-state index in [4.69, 9.17) is 0 Å². The molecule has 1 heterocycles. The van der Waals surface area contributed by atoms with Gasteiger partial charge in [-0.15, -0.1) is 0 Å². The molecule has 19 heavy (non-hydrogen) atoms. The highest BCUT2D eigenvalue weighted by Crippen LogP contribution is 2.19. The Bertz CT molecular complexity index is 604. The zero-order valence-electron chi connectivity index (χ0n) is 11.3. The molecule has 0 radical (unpaired) electrons. The third kappa shape index (κ3) is 2.93. The van der Waals surface area contributed by atoms with Crippen LogP contribution in [0, 0.1) is 13.8 Å². The van der Waals surface area contributed by atoms with Gasteiger partial charge in [-0.3, -0.25) is 9.48 Å². The number of anilines is 1. The molecule has 0 aliphatic carbocycles. The van der Waals surface area contributed by atoms with Crippen molar-refractivity contribution in [3.63, 3.8) is 0 Å². The van der Waals surface area contributed by atoms with Crippen molar-refractivity contribution >= 4 is 11.6 Å². The molecule has 0 unspecified atom stereocenters. The number of carbonyl (C=O) groups excluding carboxylic acids is 1. The Kier molecular flexibility index (Phi) is 3.55. The second-order valence-corrected chi connectivity index (χ2v) is 4.56. The third-order valence-corrected chi connectivity index (χ3v) is 2.98. The van der Waals surface area contributed by atoms with Gasteiger partial charge in [0.1, 0.15) is 12.3 Å². The van der Waals surface area contributed by atoms with Gasteiger partial charge < -0.3 is 10.0 Å². The molecule has 0 bridgehead atoms. The van der Waals surface area contributed by atoms with Crippen molar-refractivity contribution in [2.24, 2.45) is 0 Å². The predicted octanol–water partition coefficient (Wildman–Crippen LogP) is 1.87. The number of nitrogens with zero attached hydrogens (tertiary/aromatic N) is 3. The average Bonchev–Trinajstić information content (AvgIpc) is 2.66. The second-order valence-electron chi connectivity index (χ2n) is 4.56. The summed E-state index contributed by atoms with van der Waals surface area (Å²) < 4.78 is 1.68. The first-order valence-electron chi connectivity index (χ1n) is 6.04. The Morgan fingerprint density at radius 3 is 2.68 bits per heavy atom. The third-order valence-electron chi connectivity index (χ3n) is 2.98. The van der Waals surface area contributed by atoms with Crippen LogP contribution >= 0.6 is 0 Å². The quantitative estimate of drug-likeness (QED) is 0.915. The number of amides is 1. The standard InChI is InChI=1S/C14H17N3O2/c1-10-7-11(2)17(15-10)9-14(19)16(3)12-5-4-6-13(18)8-12/h4-8,18H,9H2,1-3H3. The maximum Gasteiger partial charge on any atom is 0.248 e. The summed E-state index contributed by atoms with van der Waals surface area (Å²) in [6.45, 7) is 4.00. The van der Waals surface area contributed by atoms with Crippen LogP contribution in [0.25, 0.3) is 0 Å². The molecule has 0 saturated carbocycles. The van der Waals surface area contributed by atoms with E-state index in [0.29, 0.717) is 5.69 Å². The van der Waals surface area contributed by atoms with E-state index < -0.39 is 0 Å². The van der Waals surface area contributed by atoms with Crippen LogP contribution in [-0.2, 0) is 11.3 Å². The number of aryl methyl sites for hydroxylation is 2. The minimum atomic E-state index is -0.0863. The van der Waals surface area contributed by atoms with Crippen LogP contribution in [0.4, 0.5) is 5.69 Å². The summed E-state index contributed by atoms with van der Waals surface area (Å²) in [5, 5.41) is 13.7. The molecule has 0 aliphatic heterocycles. The molecule has 2 aromatic rings. The summed E-state index contributed by atoms with van der Waals surface area (Å²) in [5.74, 6) is 0.0556. The number of rotatable bonds is 3. The lowest BCUT2D eigenvalue weighted by molar-refractivity contribution is -0.119. The Morgan fingerprint density at radius 2 is 2.11 bits per heavy atom. The molecular formula is C14H17N3O2. The number of aromatic hydroxyl groups is 1. The molecule has 0 fully saturated rings. The highest BCUT2D eigenvalue weighted by atomic mass is 16.3. The average molecular weight is 259 g/mol. The Hall–Kier alpha value is -2.30. The molecule has 0 aliphatic rings. The van der Waals surface area contributed by atoms with E-state index in [1.165, 1.54) is 4.90 Å². The fraction of sp³-hybridized carbons (Fsp3) is 0.286. The molecule has 0 spiro atoms. The smallest absolute Gasteiger partial charge is 0.248 e. The van der Waals surface area contributed by atoms with E-state index >= 15 is 0 Å². The van der Waals surface area contributed by atoms with Crippen molar-refractivity contribution in [1.29, 1.82) is 0 Å². The van der Waals surface area contributed by atoms with Crippen molar-refractivity contribution in [3.05, 3.63) is 41.7 Å². The van der Waals surface area contributed by atoms with Gasteiger partial charge in [0.05, 0.1) is 5.69 Å². The summed E-state index contributed by atoms with van der Waals surface area (Å²) in [4.78, 5) is 13.7. The number of benzene rings is 1. The topological polar surface area (TPSA) is 58.4 Å². The maximum absolute atomic E-state index is 12.2. The number of carbonyl (C=O) groups is 1. The monoisotopic (exact) mass is 259 g/mol. The lowest BCUT2D eigenvalue weighted by Crippen LogP contribution is -2.30. The molecular weight excluding hydrogens is 242 g/mol. The van der Waals surface area contributed by atoms with Crippen LogP contribution in [0.3, 0.4) is 0 Å². The highest BCUT2D eigenvalue weighted by Gasteiger charge is 2.13. The van der Waals surface area contributed by atoms with E-state index in [1.807, 2.05) is 19.9 Å². The second kappa shape index (κ2) is 5.14. The SMILES string of the molecule is Cc1cc(C)n(CC(=O)N(C)c2cccc(O)c2)n1. The molecule has 2 rings (SSSR count). The van der Waals surface area contributed by atoms with Crippen LogP contribution in [0.15, 0.2) is 30.3 Å². The van der Waals surface area contributed by atoms with E-state index in [9.17, 15) is 9.90 Å². The van der Waals surface area contributed by atoms with E-state index in [1.54, 1.807) is 36.0 Å². The lowest BCUT2D eigenvalue weighted by Gasteiger charge is -2.18. The summed E-state index contributed by atoms with van der Waals surface area (Å²) in [6, 6.07) is 8.54. The van der Waals surface area contributed by atoms with Crippen LogP contribution in [0.2, 0.25) is 0 Å². The van der Waals surface area contributed by atoms with Gasteiger partial charge in [0.25, 0.3) is 0 Å². The number of aromatic nitrogens is 2. The van der Waals surface area contributed by atoms with Gasteiger partial charge in [-0.2, -0.15) is 5.10 Å². The molecule has 5 nitrogen and oxygen atoms in total. The van der Waals surface area contributed by atoms with Gasteiger partial charge in [0, 0.05) is 24.5 Å². The van der Waals surface area contributed by atoms with Crippen LogP contribution in [0.5, 0.6) is 5.75 Å². The first-order chi connectivity index (χ1) is 8.97. The molecule has 0 atom stereocenters. The molecule has 100 valence electrons. The summed E-state index contributed by atoms with van der Waals surface area (Å²) in [6.07, 6.45) is 0. The van der Waals surface area contributed by atoms with Gasteiger partial charge in [0.2, 0.25) is 5.91 Å². The van der Waals surface area contributed by atoms with Gasteiger partial charge in [-0.1, -0.05) is 6.07 Å². The maximum atomic E-state index is 12.2. The predicted molar refractivity (Wildman–Crippen MR) is 73.2 cm³/mol. The van der Waals surface area contributed by atoms with Crippen molar-refractivity contribution in [2.45, 2.75) is 20.4 Å². The van der Waals surface area contributed by atoms with Crippen molar-refractivity contribution in [1.82, 2.24) is 9.78 Å². The Morgan fingerprint density at radius 1 is 1.37 bits per heavy atom. The molecule has 5 heteroatoms. The van der Waals surface area contributed by atoms with Crippen LogP contribution in [0.1, 0.15) is 11.4 Å². The van der Waals surface area contributed by atoms with Gasteiger partial charge in [-0.05, 0) is 32.0 Å². The van der Waals surface area contributed by atoms with Gasteiger partial charge in [-0.25, -0.2) is 0 Å². The number of likely N-dealkylation sites (N-methyl/N-ethyl adjacent to an activating group) is 1. The van der Waals surface area contributed by atoms with Gasteiger partial charge in [0.15, 0.2) is 0 Å². The molecule has 1 aromatic heterocycles. The van der Waals surface area contributed by atoms with Crippen molar-refractivity contribution < 1.29 is 9.90 Å². The minimum absolute atomic E-state index is 0.0863. The fourth-order valence-electron chi connectivity index (χ4n) is 1.91.